The van der Waals surface area contributed by atoms with Gasteiger partial charge in [0, 0.05) is 6.92 Å². The van der Waals surface area contributed by atoms with Crippen molar-refractivity contribution in [2.45, 2.75) is 20.3 Å². The predicted molar refractivity (Wildman–Crippen MR) is 96.2 cm³/mol. The molecule has 1 aliphatic rings. The summed E-state index contributed by atoms with van der Waals surface area (Å²) in [5.74, 6) is 1.02. The summed E-state index contributed by atoms with van der Waals surface area (Å²) in [6.45, 7) is 3.44. The third-order valence-corrected chi connectivity index (χ3v) is 5.38. The minimum Gasteiger partial charge on any atom is -0.426 e. The van der Waals surface area contributed by atoms with Crippen molar-refractivity contribution in [2.75, 3.05) is 5.75 Å². The Bertz CT molecular complexity index is 671. The van der Waals surface area contributed by atoms with E-state index in [1.807, 2.05) is 0 Å². The molecule has 0 aromatic heterocycles. The highest BCUT2D eigenvalue weighted by Gasteiger charge is 2.22. The SMILES string of the molecule is CCCSC1=N/C(=C/c2ccc(OC(C)=O)c(Br)c2)C(=O)S1. The maximum absolute atomic E-state index is 11.9. The van der Waals surface area contributed by atoms with Gasteiger partial charge in [-0.05, 0) is 63.6 Å². The molecule has 0 atom stereocenters. The van der Waals surface area contributed by atoms with Crippen molar-refractivity contribution in [3.63, 3.8) is 0 Å². The molecule has 0 saturated heterocycles. The van der Waals surface area contributed by atoms with Crippen molar-refractivity contribution in [2.24, 2.45) is 4.99 Å². The van der Waals surface area contributed by atoms with Gasteiger partial charge in [-0.3, -0.25) is 9.59 Å². The summed E-state index contributed by atoms with van der Waals surface area (Å²) < 4.78 is 6.50. The molecule has 1 aliphatic heterocycles. The third kappa shape index (κ3) is 4.72. The quantitative estimate of drug-likeness (QED) is 0.424. The minimum atomic E-state index is -0.378. The Hall–Kier alpha value is -1.05. The number of hydrogen-bond acceptors (Lipinski definition) is 6. The average molecular weight is 400 g/mol. The molecule has 1 aromatic carbocycles. The smallest absolute Gasteiger partial charge is 0.308 e. The van der Waals surface area contributed by atoms with E-state index in [1.165, 1.54) is 18.7 Å². The number of rotatable bonds is 4. The van der Waals surface area contributed by atoms with Crippen LogP contribution in [0.15, 0.2) is 33.4 Å². The standard InChI is InChI=1S/C15H14BrNO3S2/c1-3-6-21-15-17-12(14(19)22-15)8-10-4-5-13(11(16)7-10)20-9(2)18/h4-5,7-8H,3,6H2,1-2H3/b12-8+. The summed E-state index contributed by atoms with van der Waals surface area (Å²) in [5, 5.41) is -0.0428. The van der Waals surface area contributed by atoms with E-state index in [-0.39, 0.29) is 11.1 Å². The number of benzene rings is 1. The average Bonchev–Trinajstić information content (AvgIpc) is 2.79. The Morgan fingerprint density at radius 1 is 1.50 bits per heavy atom. The van der Waals surface area contributed by atoms with Crippen LogP contribution in [-0.4, -0.2) is 21.2 Å². The van der Waals surface area contributed by atoms with Crippen LogP contribution in [0.25, 0.3) is 6.08 Å². The second-order valence-electron chi connectivity index (χ2n) is 4.43. The molecular formula is C15H14BrNO3S2. The van der Waals surface area contributed by atoms with Crippen molar-refractivity contribution in [3.8, 4) is 5.75 Å². The molecule has 0 bridgehead atoms. The maximum atomic E-state index is 11.9. The lowest BCUT2D eigenvalue weighted by atomic mass is 10.2. The summed E-state index contributed by atoms with van der Waals surface area (Å²) in [6.07, 6.45) is 2.78. The summed E-state index contributed by atoms with van der Waals surface area (Å²) in [6, 6.07) is 5.25. The number of thioether (sulfide) groups is 2. The van der Waals surface area contributed by atoms with Gasteiger partial charge in [0.05, 0.1) is 4.47 Å². The van der Waals surface area contributed by atoms with Crippen molar-refractivity contribution in [1.82, 2.24) is 0 Å². The van der Waals surface area contributed by atoms with Crippen molar-refractivity contribution in [1.29, 1.82) is 0 Å². The molecular weight excluding hydrogens is 386 g/mol. The van der Waals surface area contributed by atoms with E-state index in [9.17, 15) is 9.59 Å². The fourth-order valence-corrected chi connectivity index (χ4v) is 3.89. The molecule has 0 fully saturated rings. The molecule has 0 spiro atoms. The van der Waals surface area contributed by atoms with Gasteiger partial charge in [0.2, 0.25) is 5.12 Å². The second-order valence-corrected chi connectivity index (χ2v) is 7.59. The lowest BCUT2D eigenvalue weighted by Crippen LogP contribution is -2.01. The number of nitrogens with zero attached hydrogens (tertiary/aromatic N) is 1. The van der Waals surface area contributed by atoms with Crippen LogP contribution in [0.4, 0.5) is 0 Å². The number of esters is 1. The molecule has 2 rings (SSSR count). The predicted octanol–water partition coefficient (Wildman–Crippen LogP) is 4.49. The molecule has 0 saturated carbocycles. The number of carbonyl (C=O) groups excluding carboxylic acids is 2. The van der Waals surface area contributed by atoms with Gasteiger partial charge in [0.25, 0.3) is 0 Å². The molecule has 0 N–H and O–H groups in total. The fraction of sp³-hybridized carbons (Fsp3) is 0.267. The number of carbonyl (C=O) groups is 2. The van der Waals surface area contributed by atoms with Crippen LogP contribution in [-0.2, 0) is 9.59 Å². The van der Waals surface area contributed by atoms with Crippen molar-refractivity contribution >= 4 is 61.0 Å². The summed E-state index contributed by atoms with van der Waals surface area (Å²) in [5.41, 5.74) is 1.26. The van der Waals surface area contributed by atoms with E-state index >= 15 is 0 Å². The normalized spacial score (nSPS) is 16.0. The highest BCUT2D eigenvalue weighted by Crippen LogP contribution is 2.32. The first-order valence-corrected chi connectivity index (χ1v) is 9.22. The first-order valence-electron chi connectivity index (χ1n) is 6.63. The summed E-state index contributed by atoms with van der Waals surface area (Å²) in [4.78, 5) is 27.3. The Kier molecular flexibility index (Phi) is 6.28. The van der Waals surface area contributed by atoms with Crippen LogP contribution in [0.2, 0.25) is 0 Å². The van der Waals surface area contributed by atoms with E-state index in [0.29, 0.717) is 15.9 Å². The zero-order valence-corrected chi connectivity index (χ0v) is 15.3. The van der Waals surface area contributed by atoms with Gasteiger partial charge in [-0.15, -0.1) is 0 Å². The Labute approximate surface area is 145 Å². The van der Waals surface area contributed by atoms with Gasteiger partial charge in [0.1, 0.15) is 15.8 Å². The highest BCUT2D eigenvalue weighted by atomic mass is 79.9. The first kappa shape index (κ1) is 17.3. The van der Waals surface area contributed by atoms with Crippen LogP contribution in [0.1, 0.15) is 25.8 Å². The highest BCUT2D eigenvalue weighted by molar-refractivity contribution is 9.10. The first-order chi connectivity index (χ1) is 10.5. The summed E-state index contributed by atoms with van der Waals surface area (Å²) >= 11 is 6.12. The Morgan fingerprint density at radius 3 is 2.91 bits per heavy atom. The van der Waals surface area contributed by atoms with E-state index in [1.54, 1.807) is 36.0 Å². The number of aliphatic imine (C=N–C) groups is 1. The van der Waals surface area contributed by atoms with Crippen molar-refractivity contribution in [3.05, 3.63) is 33.9 Å². The number of ether oxygens (including phenoxy) is 1. The van der Waals surface area contributed by atoms with E-state index in [2.05, 4.69) is 27.8 Å². The maximum Gasteiger partial charge on any atom is 0.308 e. The molecule has 0 amide bonds. The topological polar surface area (TPSA) is 55.7 Å². The zero-order chi connectivity index (χ0) is 16.1. The van der Waals surface area contributed by atoms with Gasteiger partial charge in [0.15, 0.2) is 0 Å². The van der Waals surface area contributed by atoms with E-state index in [0.717, 1.165) is 22.1 Å². The summed E-state index contributed by atoms with van der Waals surface area (Å²) in [7, 11) is 0. The zero-order valence-electron chi connectivity index (χ0n) is 12.1. The molecule has 0 radical (unpaired) electrons. The van der Waals surface area contributed by atoms with E-state index in [4.69, 9.17) is 4.74 Å². The Balaban J connectivity index is 2.18. The molecule has 116 valence electrons. The molecule has 4 nitrogen and oxygen atoms in total. The molecule has 0 aliphatic carbocycles. The van der Waals surface area contributed by atoms with Crippen LogP contribution >= 0.6 is 39.5 Å². The molecule has 22 heavy (non-hydrogen) atoms. The number of hydrogen-bond donors (Lipinski definition) is 0. The van der Waals surface area contributed by atoms with Crippen LogP contribution in [0.5, 0.6) is 5.75 Å². The van der Waals surface area contributed by atoms with Crippen LogP contribution < -0.4 is 4.74 Å². The van der Waals surface area contributed by atoms with Gasteiger partial charge in [-0.1, -0.05) is 24.8 Å². The van der Waals surface area contributed by atoms with Crippen LogP contribution in [0, 0.1) is 0 Å². The lowest BCUT2D eigenvalue weighted by Gasteiger charge is -2.04. The third-order valence-electron chi connectivity index (χ3n) is 2.54. The van der Waals surface area contributed by atoms with Gasteiger partial charge >= 0.3 is 5.97 Å². The van der Waals surface area contributed by atoms with Gasteiger partial charge < -0.3 is 4.74 Å². The molecule has 1 aromatic rings. The molecule has 0 unspecified atom stereocenters. The molecule has 7 heteroatoms. The number of halogens is 1. The molecule has 1 heterocycles. The van der Waals surface area contributed by atoms with Gasteiger partial charge in [-0.2, -0.15) is 0 Å². The van der Waals surface area contributed by atoms with Gasteiger partial charge in [-0.25, -0.2) is 4.99 Å². The minimum absolute atomic E-state index is 0.0428. The Morgan fingerprint density at radius 2 is 2.27 bits per heavy atom. The lowest BCUT2D eigenvalue weighted by molar-refractivity contribution is -0.131. The second kappa shape index (κ2) is 7.99. The largest absolute Gasteiger partial charge is 0.426 e. The van der Waals surface area contributed by atoms with Crippen LogP contribution in [0.3, 0.4) is 0 Å². The van der Waals surface area contributed by atoms with E-state index < -0.39 is 0 Å². The monoisotopic (exact) mass is 399 g/mol. The fourth-order valence-electron chi connectivity index (χ4n) is 1.64. The van der Waals surface area contributed by atoms with Crippen molar-refractivity contribution < 1.29 is 14.3 Å².